The fourth-order valence-electron chi connectivity index (χ4n) is 3.82. The van der Waals surface area contributed by atoms with E-state index in [0.29, 0.717) is 12.0 Å². The molecule has 0 radical (unpaired) electrons. The van der Waals surface area contributed by atoms with Crippen molar-refractivity contribution in [3.8, 4) is 0 Å². The molecular formula is C16H21ClFNO. The lowest BCUT2D eigenvalue weighted by atomic mass is 9.94. The zero-order chi connectivity index (χ0) is 14.1. The molecule has 1 aromatic rings. The van der Waals surface area contributed by atoms with Crippen LogP contribution >= 0.6 is 11.6 Å². The van der Waals surface area contributed by atoms with Gasteiger partial charge >= 0.3 is 0 Å². The summed E-state index contributed by atoms with van der Waals surface area (Å²) < 4.78 is 13.5. The number of hydrogen-bond acceptors (Lipinski definition) is 2. The van der Waals surface area contributed by atoms with Crippen LogP contribution in [0.5, 0.6) is 0 Å². The SMILES string of the molecule is OC1CCCC1C1CCCN1Cc1ccc(Cl)c(F)c1. The molecule has 1 aliphatic carbocycles. The lowest BCUT2D eigenvalue weighted by Gasteiger charge is -2.31. The molecule has 4 heteroatoms. The first-order valence-electron chi connectivity index (χ1n) is 7.51. The van der Waals surface area contributed by atoms with Gasteiger partial charge in [-0.2, -0.15) is 0 Å². The van der Waals surface area contributed by atoms with Crippen LogP contribution in [0.15, 0.2) is 18.2 Å². The fourth-order valence-corrected chi connectivity index (χ4v) is 3.94. The highest BCUT2D eigenvalue weighted by atomic mass is 35.5. The van der Waals surface area contributed by atoms with E-state index in [1.54, 1.807) is 6.07 Å². The molecule has 2 fully saturated rings. The van der Waals surface area contributed by atoms with Crippen molar-refractivity contribution in [2.45, 2.75) is 50.8 Å². The molecule has 110 valence electrons. The molecule has 3 unspecified atom stereocenters. The minimum atomic E-state index is -0.346. The van der Waals surface area contributed by atoms with Gasteiger partial charge in [0, 0.05) is 18.5 Å². The highest BCUT2D eigenvalue weighted by molar-refractivity contribution is 6.30. The summed E-state index contributed by atoms with van der Waals surface area (Å²) in [4.78, 5) is 2.40. The van der Waals surface area contributed by atoms with E-state index < -0.39 is 0 Å². The Morgan fingerprint density at radius 1 is 1.25 bits per heavy atom. The molecular weight excluding hydrogens is 277 g/mol. The van der Waals surface area contributed by atoms with Gasteiger partial charge in [-0.25, -0.2) is 4.39 Å². The minimum absolute atomic E-state index is 0.150. The van der Waals surface area contributed by atoms with Crippen molar-refractivity contribution in [3.63, 3.8) is 0 Å². The zero-order valence-corrected chi connectivity index (χ0v) is 12.3. The van der Waals surface area contributed by atoms with Crippen LogP contribution < -0.4 is 0 Å². The van der Waals surface area contributed by atoms with E-state index in [1.165, 1.54) is 12.5 Å². The van der Waals surface area contributed by atoms with Crippen molar-refractivity contribution in [2.24, 2.45) is 5.92 Å². The Kier molecular flexibility index (Phi) is 4.29. The van der Waals surface area contributed by atoms with Crippen molar-refractivity contribution in [1.29, 1.82) is 0 Å². The summed E-state index contributed by atoms with van der Waals surface area (Å²) in [5.41, 5.74) is 0.964. The molecule has 1 N–H and O–H groups in total. The van der Waals surface area contributed by atoms with Crippen molar-refractivity contribution < 1.29 is 9.50 Å². The van der Waals surface area contributed by atoms with Gasteiger partial charge < -0.3 is 5.11 Å². The Bertz CT molecular complexity index is 482. The summed E-state index contributed by atoms with van der Waals surface area (Å²) in [5, 5.41) is 10.3. The van der Waals surface area contributed by atoms with Crippen LogP contribution in [0, 0.1) is 11.7 Å². The summed E-state index contributed by atoms with van der Waals surface area (Å²) in [6.45, 7) is 1.79. The molecule has 0 amide bonds. The van der Waals surface area contributed by atoms with Crippen LogP contribution in [0.1, 0.15) is 37.7 Å². The summed E-state index contributed by atoms with van der Waals surface area (Å²) in [6.07, 6.45) is 5.36. The Labute approximate surface area is 124 Å². The van der Waals surface area contributed by atoms with Gasteiger partial charge in [0.2, 0.25) is 0 Å². The monoisotopic (exact) mass is 297 g/mol. The summed E-state index contributed by atoms with van der Waals surface area (Å²) in [6, 6.07) is 5.50. The van der Waals surface area contributed by atoms with Gasteiger partial charge in [-0.05, 0) is 49.9 Å². The maximum Gasteiger partial charge on any atom is 0.142 e. The van der Waals surface area contributed by atoms with Crippen LogP contribution in [0.2, 0.25) is 5.02 Å². The highest BCUT2D eigenvalue weighted by Gasteiger charge is 2.37. The third-order valence-electron chi connectivity index (χ3n) is 4.81. The Balaban J connectivity index is 1.70. The molecule has 1 aromatic carbocycles. The van der Waals surface area contributed by atoms with Gasteiger partial charge in [0.05, 0.1) is 11.1 Å². The van der Waals surface area contributed by atoms with E-state index in [-0.39, 0.29) is 16.9 Å². The quantitative estimate of drug-likeness (QED) is 0.921. The van der Waals surface area contributed by atoms with Gasteiger partial charge in [0.15, 0.2) is 0 Å². The molecule has 0 aromatic heterocycles. The van der Waals surface area contributed by atoms with Gasteiger partial charge in [-0.15, -0.1) is 0 Å². The summed E-state index contributed by atoms with van der Waals surface area (Å²) >= 11 is 5.73. The van der Waals surface area contributed by atoms with Crippen molar-refractivity contribution in [1.82, 2.24) is 4.90 Å². The molecule has 1 saturated carbocycles. The van der Waals surface area contributed by atoms with Crippen molar-refractivity contribution >= 4 is 11.6 Å². The first-order valence-corrected chi connectivity index (χ1v) is 7.89. The van der Waals surface area contributed by atoms with E-state index in [4.69, 9.17) is 11.6 Å². The fraction of sp³-hybridized carbons (Fsp3) is 0.625. The van der Waals surface area contributed by atoms with Gasteiger partial charge in [0.25, 0.3) is 0 Å². The third-order valence-corrected chi connectivity index (χ3v) is 5.12. The number of rotatable bonds is 3. The highest BCUT2D eigenvalue weighted by Crippen LogP contribution is 2.36. The van der Waals surface area contributed by atoms with Gasteiger partial charge in [-0.3, -0.25) is 4.90 Å². The number of benzene rings is 1. The van der Waals surface area contributed by atoms with Crippen LogP contribution in [0.4, 0.5) is 4.39 Å². The second-order valence-corrected chi connectivity index (χ2v) is 6.50. The lowest BCUT2D eigenvalue weighted by Crippen LogP contribution is -2.38. The number of aliphatic hydroxyl groups excluding tert-OH is 1. The van der Waals surface area contributed by atoms with Crippen LogP contribution in [-0.4, -0.2) is 28.7 Å². The second-order valence-electron chi connectivity index (χ2n) is 6.09. The number of nitrogens with zero attached hydrogens (tertiary/aromatic N) is 1. The summed E-state index contributed by atoms with van der Waals surface area (Å²) in [7, 11) is 0. The topological polar surface area (TPSA) is 23.5 Å². The largest absolute Gasteiger partial charge is 0.393 e. The smallest absolute Gasteiger partial charge is 0.142 e. The molecule has 20 heavy (non-hydrogen) atoms. The molecule has 3 atom stereocenters. The standard InChI is InChI=1S/C16H21ClFNO/c17-13-7-6-11(9-14(13)18)10-19-8-2-4-15(19)12-3-1-5-16(12)20/h6-7,9,12,15-16,20H,1-5,8,10H2. The van der Waals surface area contributed by atoms with Crippen molar-refractivity contribution in [2.75, 3.05) is 6.54 Å². The predicted octanol–water partition coefficient (Wildman–Crippen LogP) is 3.60. The number of halogens is 2. The van der Waals surface area contributed by atoms with Crippen molar-refractivity contribution in [3.05, 3.63) is 34.6 Å². The zero-order valence-electron chi connectivity index (χ0n) is 11.6. The molecule has 2 aliphatic rings. The van der Waals surface area contributed by atoms with E-state index in [1.807, 2.05) is 6.07 Å². The van der Waals surface area contributed by atoms with Crippen LogP contribution in [0.3, 0.4) is 0 Å². The van der Waals surface area contributed by atoms with E-state index in [2.05, 4.69) is 4.90 Å². The average molecular weight is 298 g/mol. The molecule has 3 rings (SSSR count). The molecule has 1 heterocycles. The Hall–Kier alpha value is -0.640. The average Bonchev–Trinajstić information content (AvgIpc) is 3.02. The van der Waals surface area contributed by atoms with E-state index in [9.17, 15) is 9.50 Å². The third kappa shape index (κ3) is 2.85. The normalized spacial score (nSPS) is 31.1. The Morgan fingerprint density at radius 2 is 2.10 bits per heavy atom. The van der Waals surface area contributed by atoms with Crippen LogP contribution in [0.25, 0.3) is 0 Å². The van der Waals surface area contributed by atoms with E-state index >= 15 is 0 Å². The second kappa shape index (κ2) is 6.00. The Morgan fingerprint density at radius 3 is 2.80 bits per heavy atom. The molecule has 0 spiro atoms. The maximum atomic E-state index is 13.5. The lowest BCUT2D eigenvalue weighted by molar-refractivity contribution is 0.0718. The van der Waals surface area contributed by atoms with E-state index in [0.717, 1.165) is 44.3 Å². The van der Waals surface area contributed by atoms with Crippen LogP contribution in [-0.2, 0) is 6.54 Å². The maximum absolute atomic E-state index is 13.5. The first kappa shape index (κ1) is 14.3. The molecule has 1 aliphatic heterocycles. The van der Waals surface area contributed by atoms with Gasteiger partial charge in [0.1, 0.15) is 5.82 Å². The minimum Gasteiger partial charge on any atom is -0.393 e. The molecule has 2 nitrogen and oxygen atoms in total. The number of aliphatic hydroxyl groups is 1. The number of hydrogen-bond donors (Lipinski definition) is 1. The van der Waals surface area contributed by atoms with Gasteiger partial charge in [-0.1, -0.05) is 24.1 Å². The summed E-state index contributed by atoms with van der Waals surface area (Å²) in [5.74, 6) is 0.0514. The first-order chi connectivity index (χ1) is 9.65. The molecule has 0 bridgehead atoms. The molecule has 1 saturated heterocycles. The predicted molar refractivity (Wildman–Crippen MR) is 78.2 cm³/mol. The number of likely N-dealkylation sites (tertiary alicyclic amines) is 1.